The second kappa shape index (κ2) is 13.9. The van der Waals surface area contributed by atoms with E-state index in [-0.39, 0.29) is 6.54 Å². The third-order valence-corrected chi connectivity index (χ3v) is 6.28. The molecule has 2 aromatic carbocycles. The number of hydrogen-bond donors (Lipinski definition) is 4. The van der Waals surface area contributed by atoms with Crippen LogP contribution in [0.1, 0.15) is 57.5 Å². The van der Waals surface area contributed by atoms with Crippen LogP contribution in [0.2, 0.25) is 5.02 Å². The highest BCUT2D eigenvalue weighted by Crippen LogP contribution is 2.20. The first-order valence-corrected chi connectivity index (χ1v) is 13.1. The lowest BCUT2D eigenvalue weighted by Crippen LogP contribution is -2.59. The summed E-state index contributed by atoms with van der Waals surface area (Å²) in [6.45, 7) is 10.4. The number of carbonyl (C=O) groups excluding carboxylic acids is 5. The van der Waals surface area contributed by atoms with Crippen molar-refractivity contribution in [2.24, 2.45) is 11.3 Å². The molecule has 0 fully saturated rings. The maximum atomic E-state index is 13.1. The van der Waals surface area contributed by atoms with E-state index < -0.39 is 58.9 Å². The van der Waals surface area contributed by atoms with Crippen molar-refractivity contribution in [3.8, 4) is 0 Å². The Morgan fingerprint density at radius 1 is 0.795 bits per heavy atom. The molecule has 10 heteroatoms. The maximum Gasteiger partial charge on any atom is 0.289 e. The lowest BCUT2D eigenvalue weighted by molar-refractivity contribution is -0.141. The van der Waals surface area contributed by atoms with Crippen LogP contribution in [0.5, 0.6) is 0 Å². The molecule has 0 heterocycles. The van der Waals surface area contributed by atoms with Crippen molar-refractivity contribution in [3.05, 3.63) is 70.7 Å². The van der Waals surface area contributed by atoms with Crippen LogP contribution in [0.4, 0.5) is 0 Å². The van der Waals surface area contributed by atoms with E-state index in [4.69, 9.17) is 11.6 Å². The van der Waals surface area contributed by atoms with E-state index in [0.29, 0.717) is 10.6 Å². The Morgan fingerprint density at radius 3 is 1.92 bits per heavy atom. The van der Waals surface area contributed by atoms with Gasteiger partial charge in [0.05, 0.1) is 6.04 Å². The molecule has 2 rings (SSSR count). The highest BCUT2D eigenvalue weighted by atomic mass is 35.5. The van der Waals surface area contributed by atoms with Gasteiger partial charge in [-0.25, -0.2) is 0 Å². The molecule has 4 N–H and O–H groups in total. The molecule has 210 valence electrons. The molecule has 2 aromatic rings. The molecule has 0 spiro atoms. The van der Waals surface area contributed by atoms with Crippen LogP contribution in [-0.4, -0.2) is 47.5 Å². The standard InChI is InChI=1S/C29H37ClN4O5/c1-17(2)22(23(35)27(38)31-16-19-12-14-21(30)15-13-19)33-25(36)18(3)32-28(39)24(29(4,5)6)34-26(37)20-10-8-7-9-11-20/h7-15,17-18,22,24H,16H2,1-6H3,(H,31,38)(H,32,39)(H,33,36)(H,34,37). The zero-order valence-electron chi connectivity index (χ0n) is 23.1. The summed E-state index contributed by atoms with van der Waals surface area (Å²) in [6.07, 6.45) is 0. The van der Waals surface area contributed by atoms with Crippen molar-refractivity contribution in [1.29, 1.82) is 0 Å². The summed E-state index contributed by atoms with van der Waals surface area (Å²) in [5.74, 6) is -3.63. The van der Waals surface area contributed by atoms with Crippen LogP contribution in [0.3, 0.4) is 0 Å². The highest BCUT2D eigenvalue weighted by Gasteiger charge is 2.35. The number of benzene rings is 2. The second-order valence-electron chi connectivity index (χ2n) is 10.8. The van der Waals surface area contributed by atoms with Crippen LogP contribution in [0.25, 0.3) is 0 Å². The monoisotopic (exact) mass is 556 g/mol. The van der Waals surface area contributed by atoms with Gasteiger partial charge in [-0.1, -0.05) is 76.6 Å². The van der Waals surface area contributed by atoms with Gasteiger partial charge in [-0.15, -0.1) is 0 Å². The number of halogens is 1. The molecular weight excluding hydrogens is 520 g/mol. The minimum atomic E-state index is -1.10. The third-order valence-electron chi connectivity index (χ3n) is 6.03. The zero-order chi connectivity index (χ0) is 29.3. The van der Waals surface area contributed by atoms with Crippen LogP contribution < -0.4 is 21.3 Å². The second-order valence-corrected chi connectivity index (χ2v) is 11.2. The molecule has 0 saturated heterocycles. The first-order valence-electron chi connectivity index (χ1n) is 12.7. The first-order chi connectivity index (χ1) is 18.2. The largest absolute Gasteiger partial charge is 0.345 e. The lowest BCUT2D eigenvalue weighted by Gasteiger charge is -2.31. The summed E-state index contributed by atoms with van der Waals surface area (Å²) in [7, 11) is 0. The Bertz CT molecular complexity index is 1180. The fourth-order valence-corrected chi connectivity index (χ4v) is 3.79. The van der Waals surface area contributed by atoms with Gasteiger partial charge in [-0.2, -0.15) is 0 Å². The molecule has 3 atom stereocenters. The number of nitrogens with one attached hydrogen (secondary N) is 4. The van der Waals surface area contributed by atoms with Crippen LogP contribution in [0, 0.1) is 11.3 Å². The zero-order valence-corrected chi connectivity index (χ0v) is 23.9. The summed E-state index contributed by atoms with van der Waals surface area (Å²) in [5, 5.41) is 11.1. The van der Waals surface area contributed by atoms with E-state index >= 15 is 0 Å². The first kappa shape index (κ1) is 31.5. The average Bonchev–Trinajstić information content (AvgIpc) is 2.88. The molecule has 0 aliphatic heterocycles. The van der Waals surface area contributed by atoms with Gasteiger partial charge in [-0.05, 0) is 48.1 Å². The Morgan fingerprint density at radius 2 is 1.38 bits per heavy atom. The number of hydrogen-bond acceptors (Lipinski definition) is 5. The van der Waals surface area contributed by atoms with Crippen LogP contribution >= 0.6 is 11.6 Å². The molecule has 0 aliphatic rings. The summed E-state index contributed by atoms with van der Waals surface area (Å²) < 4.78 is 0. The summed E-state index contributed by atoms with van der Waals surface area (Å²) in [5.41, 5.74) is 0.497. The van der Waals surface area contributed by atoms with Crippen LogP contribution in [-0.2, 0) is 25.7 Å². The lowest BCUT2D eigenvalue weighted by atomic mass is 9.85. The predicted molar refractivity (Wildman–Crippen MR) is 150 cm³/mol. The topological polar surface area (TPSA) is 133 Å². The number of amides is 4. The van der Waals surface area contributed by atoms with E-state index in [9.17, 15) is 24.0 Å². The average molecular weight is 557 g/mol. The predicted octanol–water partition coefficient (Wildman–Crippen LogP) is 3.02. The van der Waals surface area contributed by atoms with Crippen molar-refractivity contribution in [3.63, 3.8) is 0 Å². The summed E-state index contributed by atoms with van der Waals surface area (Å²) >= 11 is 5.87. The van der Waals surface area contributed by atoms with E-state index in [1.54, 1.807) is 89.2 Å². The molecule has 3 unspecified atom stereocenters. The molecule has 4 amide bonds. The van der Waals surface area contributed by atoms with Gasteiger partial charge in [0.1, 0.15) is 12.1 Å². The van der Waals surface area contributed by atoms with Crippen molar-refractivity contribution in [2.45, 2.75) is 66.2 Å². The smallest absolute Gasteiger partial charge is 0.289 e. The number of Topliss-reactive ketones (excluding diaryl/α,β-unsaturated/α-hetero) is 1. The van der Waals surface area contributed by atoms with E-state index in [0.717, 1.165) is 5.56 Å². The number of carbonyl (C=O) groups is 5. The molecule has 39 heavy (non-hydrogen) atoms. The van der Waals surface area contributed by atoms with E-state index in [2.05, 4.69) is 21.3 Å². The maximum absolute atomic E-state index is 13.1. The molecular formula is C29H37ClN4O5. The minimum absolute atomic E-state index is 0.121. The Labute approximate surface area is 234 Å². The molecule has 0 bridgehead atoms. The Balaban J connectivity index is 2.02. The fourth-order valence-electron chi connectivity index (χ4n) is 3.67. The van der Waals surface area contributed by atoms with Gasteiger partial charge in [0.25, 0.3) is 11.8 Å². The quantitative estimate of drug-likeness (QED) is 0.316. The highest BCUT2D eigenvalue weighted by molar-refractivity contribution is 6.38. The number of ketones is 1. The summed E-state index contributed by atoms with van der Waals surface area (Å²) in [6, 6.07) is 12.2. The summed E-state index contributed by atoms with van der Waals surface area (Å²) in [4.78, 5) is 64.1. The van der Waals surface area contributed by atoms with Crippen molar-refractivity contribution < 1.29 is 24.0 Å². The van der Waals surface area contributed by atoms with Gasteiger partial charge in [0.2, 0.25) is 17.6 Å². The van der Waals surface area contributed by atoms with E-state index in [1.807, 2.05) is 0 Å². The van der Waals surface area contributed by atoms with Gasteiger partial charge in [-0.3, -0.25) is 24.0 Å². The molecule has 9 nitrogen and oxygen atoms in total. The van der Waals surface area contributed by atoms with Gasteiger partial charge in [0, 0.05) is 17.1 Å². The minimum Gasteiger partial charge on any atom is -0.345 e. The molecule has 0 radical (unpaired) electrons. The van der Waals surface area contributed by atoms with Crippen molar-refractivity contribution in [2.75, 3.05) is 0 Å². The molecule has 0 aromatic heterocycles. The third kappa shape index (κ3) is 9.51. The van der Waals surface area contributed by atoms with Crippen molar-refractivity contribution in [1.82, 2.24) is 21.3 Å². The Hall–Kier alpha value is -3.72. The van der Waals surface area contributed by atoms with Gasteiger partial charge in [0.15, 0.2) is 0 Å². The van der Waals surface area contributed by atoms with Gasteiger partial charge < -0.3 is 21.3 Å². The normalized spacial score (nSPS) is 13.5. The fraction of sp³-hybridized carbons (Fsp3) is 0.414. The van der Waals surface area contributed by atoms with Crippen LogP contribution in [0.15, 0.2) is 54.6 Å². The SMILES string of the molecule is CC(NC(=O)C(NC(=O)c1ccccc1)C(C)(C)C)C(=O)NC(C(=O)C(=O)NCc1ccc(Cl)cc1)C(C)C. The van der Waals surface area contributed by atoms with Gasteiger partial charge >= 0.3 is 0 Å². The van der Waals surface area contributed by atoms with Crippen molar-refractivity contribution >= 4 is 41.0 Å². The number of rotatable bonds is 11. The Kier molecular flexibility index (Phi) is 11.2. The van der Waals surface area contributed by atoms with E-state index in [1.165, 1.54) is 6.92 Å². The molecule has 0 aliphatic carbocycles. The molecule has 0 saturated carbocycles.